The first-order valence-electron chi connectivity index (χ1n) is 9.13. The number of benzene rings is 1. The van der Waals surface area contributed by atoms with Crippen LogP contribution in [0.1, 0.15) is 29.6 Å². The number of carbonyl (C=O) groups is 2. The minimum Gasteiger partial charge on any atom is -0.339 e. The summed E-state index contributed by atoms with van der Waals surface area (Å²) in [5, 5.41) is 3.95. The van der Waals surface area contributed by atoms with Gasteiger partial charge >= 0.3 is 0 Å². The van der Waals surface area contributed by atoms with Crippen LogP contribution in [0.5, 0.6) is 0 Å². The van der Waals surface area contributed by atoms with Gasteiger partial charge in [0.2, 0.25) is 5.91 Å². The monoisotopic (exact) mass is 397 g/mol. The van der Waals surface area contributed by atoms with Crippen LogP contribution in [0.2, 0.25) is 5.02 Å². The van der Waals surface area contributed by atoms with Gasteiger partial charge in [-0.2, -0.15) is 0 Å². The zero-order valence-electron chi connectivity index (χ0n) is 14.7. The topological polar surface area (TPSA) is 52.7 Å². The maximum absolute atomic E-state index is 12.8. The van der Waals surface area contributed by atoms with Gasteiger partial charge in [-0.1, -0.05) is 17.7 Å². The fourth-order valence-corrected chi connectivity index (χ4v) is 4.52. The van der Waals surface area contributed by atoms with E-state index in [-0.39, 0.29) is 29.6 Å². The second-order valence-electron chi connectivity index (χ2n) is 7.50. The zero-order valence-corrected chi connectivity index (χ0v) is 16.3. The van der Waals surface area contributed by atoms with Gasteiger partial charge in [0, 0.05) is 42.7 Å². The Morgan fingerprint density at radius 1 is 1.08 bits per heavy atom. The van der Waals surface area contributed by atoms with Crippen LogP contribution in [-0.4, -0.2) is 60.9 Å². The number of rotatable bonds is 2. The van der Waals surface area contributed by atoms with E-state index in [1.807, 2.05) is 9.80 Å². The lowest BCUT2D eigenvalue weighted by Crippen LogP contribution is -2.51. The van der Waals surface area contributed by atoms with E-state index in [9.17, 15) is 9.59 Å². The first-order valence-corrected chi connectivity index (χ1v) is 9.51. The van der Waals surface area contributed by atoms with Crippen molar-refractivity contribution in [2.24, 2.45) is 11.3 Å². The molecule has 7 heteroatoms. The number of carbonyl (C=O) groups excluding carboxylic acids is 2. The summed E-state index contributed by atoms with van der Waals surface area (Å²) in [6.45, 7) is 4.53. The lowest BCUT2D eigenvalue weighted by Gasteiger charge is -2.35. The molecular formula is C19H25Cl2N3O2. The van der Waals surface area contributed by atoms with Crippen molar-refractivity contribution >= 4 is 35.8 Å². The van der Waals surface area contributed by atoms with Crippen molar-refractivity contribution in [2.75, 3.05) is 39.3 Å². The summed E-state index contributed by atoms with van der Waals surface area (Å²) in [5.41, 5.74) is 0.888. The number of piperazine rings is 1. The van der Waals surface area contributed by atoms with Gasteiger partial charge < -0.3 is 15.1 Å². The SMILES string of the molecule is Cl.O=C(c1cccc(Cl)c1)N1CCN(C(=O)C2CC23CCNCC3)CC1. The number of hydrogen-bond donors (Lipinski definition) is 1. The first-order chi connectivity index (χ1) is 12.1. The number of hydrogen-bond acceptors (Lipinski definition) is 3. The Bertz CT molecular complexity index is 683. The molecule has 4 rings (SSSR count). The number of nitrogens with zero attached hydrogens (tertiary/aromatic N) is 2. The van der Waals surface area contributed by atoms with Crippen molar-refractivity contribution in [2.45, 2.75) is 19.3 Å². The average Bonchev–Trinajstić information content (AvgIpc) is 3.34. The fourth-order valence-electron chi connectivity index (χ4n) is 4.33. The summed E-state index contributed by atoms with van der Waals surface area (Å²) in [4.78, 5) is 29.2. The number of nitrogens with one attached hydrogen (secondary N) is 1. The molecule has 2 amide bonds. The van der Waals surface area contributed by atoms with Crippen molar-refractivity contribution in [3.8, 4) is 0 Å². The molecule has 1 aliphatic carbocycles. The van der Waals surface area contributed by atoms with Gasteiger partial charge in [-0.05, 0) is 56.0 Å². The second-order valence-corrected chi connectivity index (χ2v) is 7.93. The third kappa shape index (κ3) is 3.71. The molecule has 1 atom stereocenters. The first kappa shape index (κ1) is 19.5. The van der Waals surface area contributed by atoms with E-state index in [0.717, 1.165) is 32.4 Å². The Morgan fingerprint density at radius 3 is 2.38 bits per heavy atom. The van der Waals surface area contributed by atoms with Gasteiger partial charge in [0.05, 0.1) is 0 Å². The average molecular weight is 398 g/mol. The molecule has 2 saturated heterocycles. The Labute approximate surface area is 165 Å². The predicted octanol–water partition coefficient (Wildman–Crippen LogP) is 2.44. The lowest BCUT2D eigenvalue weighted by molar-refractivity contribution is -0.135. The van der Waals surface area contributed by atoms with Crippen LogP contribution in [0.15, 0.2) is 24.3 Å². The number of amides is 2. The highest BCUT2D eigenvalue weighted by atomic mass is 35.5. The summed E-state index contributed by atoms with van der Waals surface area (Å²) in [7, 11) is 0. The molecule has 1 saturated carbocycles. The van der Waals surface area contributed by atoms with E-state index in [2.05, 4.69) is 5.32 Å². The number of piperidine rings is 1. The van der Waals surface area contributed by atoms with Gasteiger partial charge in [-0.3, -0.25) is 9.59 Å². The molecule has 1 spiro atoms. The third-order valence-corrected chi connectivity index (χ3v) is 6.27. The molecule has 2 heterocycles. The normalized spacial score (nSPS) is 24.1. The molecular weight excluding hydrogens is 373 g/mol. The molecule has 142 valence electrons. The Balaban J connectivity index is 0.00000196. The van der Waals surface area contributed by atoms with Crippen LogP contribution < -0.4 is 5.32 Å². The molecule has 0 aromatic heterocycles. The van der Waals surface area contributed by atoms with Crippen molar-refractivity contribution in [1.82, 2.24) is 15.1 Å². The zero-order chi connectivity index (χ0) is 17.4. The van der Waals surface area contributed by atoms with Gasteiger partial charge in [0.1, 0.15) is 0 Å². The van der Waals surface area contributed by atoms with Gasteiger partial charge in [0.15, 0.2) is 0 Å². The van der Waals surface area contributed by atoms with Crippen molar-refractivity contribution < 1.29 is 9.59 Å². The van der Waals surface area contributed by atoms with E-state index < -0.39 is 0 Å². The van der Waals surface area contributed by atoms with Crippen LogP contribution in [0.4, 0.5) is 0 Å². The van der Waals surface area contributed by atoms with Crippen molar-refractivity contribution in [1.29, 1.82) is 0 Å². The Kier molecular flexibility index (Phi) is 5.80. The number of halogens is 2. The standard InChI is InChI=1S/C19H24ClN3O2.ClH/c20-15-3-1-2-14(12-15)17(24)22-8-10-23(11-9-22)18(25)16-13-19(16)4-6-21-7-5-19;/h1-3,12,16,21H,4-11,13H2;1H. The highest BCUT2D eigenvalue weighted by Crippen LogP contribution is 2.59. The molecule has 3 fully saturated rings. The maximum atomic E-state index is 12.8. The molecule has 0 bridgehead atoms. The van der Waals surface area contributed by atoms with Gasteiger partial charge in [-0.25, -0.2) is 0 Å². The summed E-state index contributed by atoms with van der Waals surface area (Å²) < 4.78 is 0. The minimum absolute atomic E-state index is 0. The molecule has 5 nitrogen and oxygen atoms in total. The summed E-state index contributed by atoms with van der Waals surface area (Å²) in [6, 6.07) is 7.05. The van der Waals surface area contributed by atoms with Crippen LogP contribution in [-0.2, 0) is 4.79 Å². The summed E-state index contributed by atoms with van der Waals surface area (Å²) in [6.07, 6.45) is 3.29. The fraction of sp³-hybridized carbons (Fsp3) is 0.579. The smallest absolute Gasteiger partial charge is 0.254 e. The van der Waals surface area contributed by atoms with E-state index >= 15 is 0 Å². The van der Waals surface area contributed by atoms with Crippen LogP contribution >= 0.6 is 24.0 Å². The molecule has 0 radical (unpaired) electrons. The van der Waals surface area contributed by atoms with Crippen molar-refractivity contribution in [3.63, 3.8) is 0 Å². The van der Waals surface area contributed by atoms with Gasteiger partial charge in [-0.15, -0.1) is 12.4 Å². The van der Waals surface area contributed by atoms with Gasteiger partial charge in [0.25, 0.3) is 5.91 Å². The molecule has 1 N–H and O–H groups in total. The second kappa shape index (κ2) is 7.75. The van der Waals surface area contributed by atoms with Crippen LogP contribution in [0.25, 0.3) is 0 Å². The molecule has 3 aliphatic rings. The van der Waals surface area contributed by atoms with Crippen molar-refractivity contribution in [3.05, 3.63) is 34.9 Å². The quantitative estimate of drug-likeness (QED) is 0.833. The molecule has 1 aromatic carbocycles. The third-order valence-electron chi connectivity index (χ3n) is 6.04. The summed E-state index contributed by atoms with van der Waals surface area (Å²) in [5.74, 6) is 0.511. The highest BCUT2D eigenvalue weighted by Gasteiger charge is 2.58. The molecule has 1 unspecified atom stereocenters. The molecule has 2 aliphatic heterocycles. The van der Waals surface area contributed by atoms with E-state index in [0.29, 0.717) is 42.7 Å². The summed E-state index contributed by atoms with van der Waals surface area (Å²) >= 11 is 5.98. The Morgan fingerprint density at radius 2 is 1.73 bits per heavy atom. The predicted molar refractivity (Wildman–Crippen MR) is 104 cm³/mol. The molecule has 26 heavy (non-hydrogen) atoms. The minimum atomic E-state index is -0.00385. The van der Waals surface area contributed by atoms with E-state index in [1.165, 1.54) is 0 Å². The van der Waals surface area contributed by atoms with E-state index in [1.54, 1.807) is 24.3 Å². The Hall–Kier alpha value is -1.30. The largest absolute Gasteiger partial charge is 0.339 e. The maximum Gasteiger partial charge on any atom is 0.254 e. The highest BCUT2D eigenvalue weighted by molar-refractivity contribution is 6.30. The molecule has 1 aromatic rings. The lowest BCUT2D eigenvalue weighted by atomic mass is 9.91. The van der Waals surface area contributed by atoms with Crippen LogP contribution in [0, 0.1) is 11.3 Å². The van der Waals surface area contributed by atoms with Crippen LogP contribution in [0.3, 0.4) is 0 Å². The van der Waals surface area contributed by atoms with E-state index in [4.69, 9.17) is 11.6 Å².